The maximum Gasteiger partial charge on any atom is 0.191 e. The normalized spacial score (nSPS) is 10.9. The molecule has 0 aliphatic rings. The van der Waals surface area contributed by atoms with Crippen molar-refractivity contribution in [2.75, 3.05) is 31.6 Å². The van der Waals surface area contributed by atoms with Crippen LogP contribution in [0.1, 0.15) is 19.2 Å². The number of guanidine groups is 1. The molecule has 1 aromatic rings. The van der Waals surface area contributed by atoms with Gasteiger partial charge in [0.1, 0.15) is 12.2 Å². The number of hydrogen-bond donors (Lipinski definition) is 2. The molecule has 0 spiro atoms. The molecule has 126 valence electrons. The van der Waals surface area contributed by atoms with Crippen LogP contribution in [0.5, 0.6) is 0 Å². The zero-order valence-electron chi connectivity index (χ0n) is 13.4. The predicted molar refractivity (Wildman–Crippen MR) is 106 cm³/mol. The summed E-state index contributed by atoms with van der Waals surface area (Å²) in [4.78, 5) is 4.55. The van der Waals surface area contributed by atoms with Crippen molar-refractivity contribution in [1.29, 1.82) is 0 Å². The summed E-state index contributed by atoms with van der Waals surface area (Å²) in [5.41, 5.74) is 0. The van der Waals surface area contributed by atoms with E-state index in [0.717, 1.165) is 50.0 Å². The minimum Gasteiger partial charge on any atom is -0.355 e. The summed E-state index contributed by atoms with van der Waals surface area (Å²) in [5.74, 6) is 2.98. The Morgan fingerprint density at radius 1 is 1.50 bits per heavy atom. The topological polar surface area (TPSA) is 67.1 Å². The predicted octanol–water partition coefficient (Wildman–Crippen LogP) is 1.93. The number of thioether (sulfide) groups is 1. The maximum absolute atomic E-state index is 4.55. The summed E-state index contributed by atoms with van der Waals surface area (Å²) in [5, 5.41) is 14.6. The molecule has 0 saturated carbocycles. The van der Waals surface area contributed by atoms with E-state index in [1.165, 1.54) is 0 Å². The van der Waals surface area contributed by atoms with Crippen molar-refractivity contribution in [2.45, 2.75) is 26.3 Å². The number of hydrogen-bond acceptors (Lipinski definition) is 4. The number of aryl methyl sites for hydroxylation is 1. The van der Waals surface area contributed by atoms with Crippen molar-refractivity contribution in [2.24, 2.45) is 4.99 Å². The van der Waals surface area contributed by atoms with E-state index in [4.69, 9.17) is 0 Å². The highest BCUT2D eigenvalue weighted by Gasteiger charge is 2.02. The molecule has 0 amide bonds. The van der Waals surface area contributed by atoms with Gasteiger partial charge in [0, 0.05) is 32.6 Å². The van der Waals surface area contributed by atoms with Crippen LogP contribution in [-0.2, 0) is 13.0 Å². The molecular weight excluding hydrogens is 411 g/mol. The largest absolute Gasteiger partial charge is 0.355 e. The average Bonchev–Trinajstić information content (AvgIpc) is 2.95. The van der Waals surface area contributed by atoms with Crippen molar-refractivity contribution in [3.63, 3.8) is 0 Å². The Morgan fingerprint density at radius 3 is 3.00 bits per heavy atom. The molecule has 1 heterocycles. The molecule has 1 rings (SSSR count). The van der Waals surface area contributed by atoms with Crippen molar-refractivity contribution in [3.8, 4) is 0 Å². The molecule has 1 aromatic heterocycles. The van der Waals surface area contributed by atoms with E-state index in [2.05, 4.69) is 50.1 Å². The molecule has 0 aliphatic heterocycles. The fourth-order valence-corrected chi connectivity index (χ4v) is 2.19. The third-order valence-electron chi connectivity index (χ3n) is 2.85. The minimum atomic E-state index is 0. The second kappa shape index (κ2) is 13.9. The van der Waals surface area contributed by atoms with Crippen LogP contribution >= 0.6 is 35.7 Å². The highest BCUT2D eigenvalue weighted by molar-refractivity contribution is 14.0. The fraction of sp³-hybridized carbons (Fsp3) is 0.643. The third-order valence-corrected chi connectivity index (χ3v) is 3.54. The van der Waals surface area contributed by atoms with Crippen LogP contribution in [0.4, 0.5) is 0 Å². The summed E-state index contributed by atoms with van der Waals surface area (Å²) in [7, 11) is 0. The lowest BCUT2D eigenvalue weighted by molar-refractivity contribution is 0.633. The Balaban J connectivity index is 0.00000441. The lowest BCUT2D eigenvalue weighted by atomic mass is 10.4. The van der Waals surface area contributed by atoms with E-state index in [0.29, 0.717) is 6.54 Å². The molecule has 22 heavy (non-hydrogen) atoms. The zero-order valence-corrected chi connectivity index (χ0v) is 16.6. The van der Waals surface area contributed by atoms with E-state index >= 15 is 0 Å². The Kier molecular flexibility index (Phi) is 13.4. The van der Waals surface area contributed by atoms with E-state index in [9.17, 15) is 0 Å². The van der Waals surface area contributed by atoms with Gasteiger partial charge < -0.3 is 15.2 Å². The highest BCUT2D eigenvalue weighted by atomic mass is 127. The molecule has 0 radical (unpaired) electrons. The molecule has 8 heteroatoms. The van der Waals surface area contributed by atoms with E-state index in [1.807, 2.05) is 17.8 Å². The first-order valence-corrected chi connectivity index (χ1v) is 8.69. The van der Waals surface area contributed by atoms with Crippen LogP contribution in [0.2, 0.25) is 0 Å². The summed E-state index contributed by atoms with van der Waals surface area (Å²) < 4.78 is 2.06. The Morgan fingerprint density at radius 2 is 2.32 bits per heavy atom. The van der Waals surface area contributed by atoms with Gasteiger partial charge >= 0.3 is 0 Å². The van der Waals surface area contributed by atoms with Gasteiger partial charge in [0.05, 0.1) is 0 Å². The second-order valence-electron chi connectivity index (χ2n) is 4.47. The van der Waals surface area contributed by atoms with E-state index < -0.39 is 0 Å². The van der Waals surface area contributed by atoms with Gasteiger partial charge in [0.25, 0.3) is 0 Å². The molecule has 0 fully saturated rings. The van der Waals surface area contributed by atoms with Crippen LogP contribution in [0.15, 0.2) is 24.0 Å². The van der Waals surface area contributed by atoms with Crippen LogP contribution in [0, 0.1) is 0 Å². The summed E-state index contributed by atoms with van der Waals surface area (Å²) in [6, 6.07) is 0. The standard InChI is InChI=1S/C14H26N6S.HI/c1-4-7-15-14(16-8-6-11-21-3)17-9-10-20-12-18-19-13(20)5-2;/h4,12H,1,5-11H2,2-3H3,(H2,15,16,17);1H. The zero-order chi connectivity index (χ0) is 15.3. The number of aliphatic imine (C=N–C) groups is 1. The third kappa shape index (κ3) is 8.62. The minimum absolute atomic E-state index is 0. The summed E-state index contributed by atoms with van der Waals surface area (Å²) in [6.07, 6.45) is 7.70. The molecule has 6 nitrogen and oxygen atoms in total. The van der Waals surface area contributed by atoms with Gasteiger partial charge in [-0.1, -0.05) is 13.0 Å². The van der Waals surface area contributed by atoms with E-state index in [-0.39, 0.29) is 24.0 Å². The summed E-state index contributed by atoms with van der Waals surface area (Å²) >= 11 is 1.85. The molecule has 0 aromatic carbocycles. The first-order chi connectivity index (χ1) is 10.3. The molecule has 0 unspecified atom stereocenters. The smallest absolute Gasteiger partial charge is 0.191 e. The molecule has 0 saturated heterocycles. The van der Waals surface area contributed by atoms with Crippen molar-refractivity contribution in [1.82, 2.24) is 25.4 Å². The fourth-order valence-electron chi connectivity index (χ4n) is 1.78. The van der Waals surface area contributed by atoms with Gasteiger partial charge in [-0.25, -0.2) is 0 Å². The number of aromatic nitrogens is 3. The second-order valence-corrected chi connectivity index (χ2v) is 5.45. The molecule has 0 atom stereocenters. The molecule has 2 N–H and O–H groups in total. The van der Waals surface area contributed by atoms with E-state index in [1.54, 1.807) is 6.33 Å². The van der Waals surface area contributed by atoms with Crippen molar-refractivity contribution >= 4 is 41.7 Å². The Hall–Kier alpha value is -0.770. The van der Waals surface area contributed by atoms with Gasteiger partial charge in [-0.2, -0.15) is 11.8 Å². The highest BCUT2D eigenvalue weighted by Crippen LogP contribution is 1.96. The lowest BCUT2D eigenvalue weighted by Crippen LogP contribution is -2.39. The van der Waals surface area contributed by atoms with Crippen LogP contribution in [-0.4, -0.2) is 52.4 Å². The number of halogens is 1. The monoisotopic (exact) mass is 438 g/mol. The van der Waals surface area contributed by atoms with Gasteiger partial charge in [0.15, 0.2) is 5.96 Å². The van der Waals surface area contributed by atoms with Crippen LogP contribution in [0.25, 0.3) is 0 Å². The van der Waals surface area contributed by atoms with Crippen molar-refractivity contribution in [3.05, 3.63) is 24.8 Å². The quantitative estimate of drug-likeness (QED) is 0.192. The Labute approximate surface area is 154 Å². The van der Waals surface area contributed by atoms with Gasteiger partial charge in [-0.3, -0.25) is 4.99 Å². The van der Waals surface area contributed by atoms with Crippen LogP contribution in [0.3, 0.4) is 0 Å². The van der Waals surface area contributed by atoms with Crippen LogP contribution < -0.4 is 10.6 Å². The first kappa shape index (κ1) is 21.2. The molecule has 0 aliphatic carbocycles. The number of nitrogens with one attached hydrogen (secondary N) is 2. The average molecular weight is 438 g/mol. The molecule has 0 bridgehead atoms. The SMILES string of the molecule is C=CCNC(=NCCCSC)NCCn1cnnc1CC.I. The maximum atomic E-state index is 4.55. The summed E-state index contributed by atoms with van der Waals surface area (Å²) in [6.45, 7) is 8.96. The molecular formula is C14H27IN6S. The lowest BCUT2D eigenvalue weighted by Gasteiger charge is -2.12. The Bertz CT molecular complexity index is 435. The number of nitrogens with zero attached hydrogens (tertiary/aromatic N) is 4. The number of rotatable bonds is 10. The van der Waals surface area contributed by atoms with Gasteiger partial charge in [-0.05, 0) is 18.4 Å². The van der Waals surface area contributed by atoms with Gasteiger partial charge in [-0.15, -0.1) is 40.8 Å². The van der Waals surface area contributed by atoms with Crippen molar-refractivity contribution < 1.29 is 0 Å². The van der Waals surface area contributed by atoms with Gasteiger partial charge in [0.2, 0.25) is 0 Å². The first-order valence-electron chi connectivity index (χ1n) is 7.30.